The number of likely N-dealkylation sites (tertiary alicyclic amines) is 1. The monoisotopic (exact) mass is 341 g/mol. The third-order valence-corrected chi connectivity index (χ3v) is 4.63. The molecule has 0 saturated carbocycles. The van der Waals surface area contributed by atoms with E-state index in [1.54, 1.807) is 24.3 Å². The number of benzene rings is 1. The third kappa shape index (κ3) is 3.52. The predicted octanol–water partition coefficient (Wildman–Crippen LogP) is 2.14. The van der Waals surface area contributed by atoms with Crippen molar-refractivity contribution in [2.75, 3.05) is 6.54 Å². The lowest BCUT2D eigenvalue weighted by Crippen LogP contribution is -2.33. The van der Waals surface area contributed by atoms with Crippen molar-refractivity contribution in [2.24, 2.45) is 11.8 Å². The second kappa shape index (κ2) is 7.01. The summed E-state index contributed by atoms with van der Waals surface area (Å²) in [4.78, 5) is 49.0. The summed E-state index contributed by atoms with van der Waals surface area (Å²) in [5, 5.41) is 0. The van der Waals surface area contributed by atoms with Gasteiger partial charge < -0.3 is 4.74 Å². The molecule has 1 saturated heterocycles. The SMILES string of the molecule is CC(=O)c1ccc(OC(=O)CCN2C(=O)[C@H]3CC=CC[C@H]3C2=O)cc1. The minimum absolute atomic E-state index is 0.0367. The zero-order valence-electron chi connectivity index (χ0n) is 13.9. The fourth-order valence-corrected chi connectivity index (χ4v) is 3.23. The first kappa shape index (κ1) is 17.1. The van der Waals surface area contributed by atoms with Gasteiger partial charge >= 0.3 is 5.97 Å². The molecule has 1 fully saturated rings. The molecule has 0 spiro atoms. The maximum absolute atomic E-state index is 12.3. The van der Waals surface area contributed by atoms with Crippen molar-refractivity contribution in [2.45, 2.75) is 26.2 Å². The number of allylic oxidation sites excluding steroid dienone is 2. The van der Waals surface area contributed by atoms with Crippen LogP contribution in [0.3, 0.4) is 0 Å². The summed E-state index contributed by atoms with van der Waals surface area (Å²) in [6, 6.07) is 6.24. The summed E-state index contributed by atoms with van der Waals surface area (Å²) in [7, 11) is 0. The van der Waals surface area contributed by atoms with E-state index in [-0.39, 0.29) is 42.4 Å². The summed E-state index contributed by atoms with van der Waals surface area (Å²) < 4.78 is 5.19. The Labute approximate surface area is 145 Å². The summed E-state index contributed by atoms with van der Waals surface area (Å²) in [6.07, 6.45) is 4.96. The number of nitrogens with zero attached hydrogens (tertiary/aromatic N) is 1. The molecule has 25 heavy (non-hydrogen) atoms. The fourth-order valence-electron chi connectivity index (χ4n) is 3.23. The lowest BCUT2D eigenvalue weighted by Gasteiger charge is -2.14. The van der Waals surface area contributed by atoms with E-state index in [2.05, 4.69) is 0 Å². The number of hydrogen-bond acceptors (Lipinski definition) is 5. The zero-order chi connectivity index (χ0) is 18.0. The number of ketones is 1. The molecule has 0 aromatic heterocycles. The van der Waals surface area contributed by atoms with E-state index < -0.39 is 5.97 Å². The molecule has 2 aliphatic rings. The molecule has 0 N–H and O–H groups in total. The van der Waals surface area contributed by atoms with Gasteiger partial charge in [-0.2, -0.15) is 0 Å². The Balaban J connectivity index is 1.55. The molecule has 1 aliphatic heterocycles. The first-order valence-corrected chi connectivity index (χ1v) is 8.29. The average Bonchev–Trinajstić information content (AvgIpc) is 2.85. The topological polar surface area (TPSA) is 80.8 Å². The normalized spacial score (nSPS) is 22.0. The maximum Gasteiger partial charge on any atom is 0.312 e. The number of imide groups is 1. The van der Waals surface area contributed by atoms with Crippen LogP contribution in [-0.2, 0) is 14.4 Å². The van der Waals surface area contributed by atoms with Gasteiger partial charge in [-0.3, -0.25) is 24.1 Å². The number of carbonyl (C=O) groups is 4. The van der Waals surface area contributed by atoms with E-state index >= 15 is 0 Å². The van der Waals surface area contributed by atoms with Crippen LogP contribution in [0.5, 0.6) is 5.75 Å². The highest BCUT2D eigenvalue weighted by molar-refractivity contribution is 6.05. The van der Waals surface area contributed by atoms with E-state index in [1.165, 1.54) is 11.8 Å². The van der Waals surface area contributed by atoms with Crippen molar-refractivity contribution in [1.29, 1.82) is 0 Å². The Morgan fingerprint density at radius 3 is 2.12 bits per heavy atom. The van der Waals surface area contributed by atoms with Gasteiger partial charge in [0.05, 0.1) is 18.3 Å². The zero-order valence-corrected chi connectivity index (χ0v) is 13.9. The minimum atomic E-state index is -0.524. The smallest absolute Gasteiger partial charge is 0.312 e. The molecule has 130 valence electrons. The quantitative estimate of drug-likeness (QED) is 0.269. The molecule has 2 amide bonds. The Bertz CT molecular complexity index is 724. The number of amides is 2. The van der Waals surface area contributed by atoms with Gasteiger partial charge in [0.2, 0.25) is 11.8 Å². The number of ether oxygens (including phenoxy) is 1. The Hall–Kier alpha value is -2.76. The molecule has 1 aliphatic carbocycles. The van der Waals surface area contributed by atoms with Crippen LogP contribution < -0.4 is 4.74 Å². The van der Waals surface area contributed by atoms with Crippen LogP contribution in [0.25, 0.3) is 0 Å². The van der Waals surface area contributed by atoms with Crippen LogP contribution in [0, 0.1) is 11.8 Å². The molecule has 0 bridgehead atoms. The van der Waals surface area contributed by atoms with Gasteiger partial charge in [0.1, 0.15) is 5.75 Å². The molecule has 1 heterocycles. The molecule has 3 rings (SSSR count). The molecule has 0 radical (unpaired) electrons. The maximum atomic E-state index is 12.3. The van der Waals surface area contributed by atoms with E-state index in [9.17, 15) is 19.2 Å². The minimum Gasteiger partial charge on any atom is -0.426 e. The Morgan fingerprint density at radius 1 is 1.04 bits per heavy atom. The van der Waals surface area contributed by atoms with E-state index in [0.29, 0.717) is 24.2 Å². The van der Waals surface area contributed by atoms with Crippen molar-refractivity contribution in [1.82, 2.24) is 4.90 Å². The lowest BCUT2D eigenvalue weighted by atomic mass is 9.85. The molecule has 0 unspecified atom stereocenters. The van der Waals surface area contributed by atoms with Crippen molar-refractivity contribution < 1.29 is 23.9 Å². The van der Waals surface area contributed by atoms with Crippen molar-refractivity contribution in [3.8, 4) is 5.75 Å². The molecule has 1 aromatic carbocycles. The van der Waals surface area contributed by atoms with Crippen molar-refractivity contribution in [3.05, 3.63) is 42.0 Å². The summed E-state index contributed by atoms with van der Waals surface area (Å²) in [5.74, 6) is -1.23. The Kier molecular flexibility index (Phi) is 4.79. The van der Waals surface area contributed by atoms with Crippen LogP contribution in [0.4, 0.5) is 0 Å². The summed E-state index contributed by atoms with van der Waals surface area (Å²) in [6.45, 7) is 1.49. The second-order valence-corrected chi connectivity index (χ2v) is 6.29. The molecular formula is C19H19NO5. The van der Waals surface area contributed by atoms with E-state index in [0.717, 1.165) is 0 Å². The van der Waals surface area contributed by atoms with Gasteiger partial charge in [0.25, 0.3) is 0 Å². The molecule has 6 nitrogen and oxygen atoms in total. The number of Topliss-reactive ketones (excluding diaryl/α,β-unsaturated/α-hetero) is 1. The molecular weight excluding hydrogens is 322 g/mol. The number of rotatable bonds is 5. The largest absolute Gasteiger partial charge is 0.426 e. The average molecular weight is 341 g/mol. The van der Waals surface area contributed by atoms with Gasteiger partial charge in [-0.15, -0.1) is 0 Å². The number of fused-ring (bicyclic) bond motifs is 1. The van der Waals surface area contributed by atoms with Crippen LogP contribution in [-0.4, -0.2) is 35.0 Å². The Morgan fingerprint density at radius 2 is 1.60 bits per heavy atom. The molecule has 1 aromatic rings. The van der Waals surface area contributed by atoms with Crippen LogP contribution >= 0.6 is 0 Å². The van der Waals surface area contributed by atoms with Crippen molar-refractivity contribution >= 4 is 23.6 Å². The molecule has 6 heteroatoms. The second-order valence-electron chi connectivity index (χ2n) is 6.29. The fraction of sp³-hybridized carbons (Fsp3) is 0.368. The van der Waals surface area contributed by atoms with Crippen LogP contribution in [0.15, 0.2) is 36.4 Å². The first-order chi connectivity index (χ1) is 12.0. The van der Waals surface area contributed by atoms with Gasteiger partial charge in [0, 0.05) is 12.1 Å². The summed E-state index contributed by atoms with van der Waals surface area (Å²) in [5.41, 5.74) is 0.532. The van der Waals surface area contributed by atoms with E-state index in [4.69, 9.17) is 4.74 Å². The van der Waals surface area contributed by atoms with Gasteiger partial charge in [-0.05, 0) is 44.0 Å². The summed E-state index contributed by atoms with van der Waals surface area (Å²) >= 11 is 0. The number of esters is 1. The number of carbonyl (C=O) groups excluding carboxylic acids is 4. The van der Waals surface area contributed by atoms with Crippen LogP contribution in [0.2, 0.25) is 0 Å². The standard InChI is InChI=1S/C19H19NO5/c1-12(21)13-6-8-14(9-7-13)25-17(22)10-11-20-18(23)15-4-2-3-5-16(15)19(20)24/h2-3,6-9,15-16H,4-5,10-11H2,1H3/t15-,16+. The first-order valence-electron chi connectivity index (χ1n) is 8.29. The highest BCUT2D eigenvalue weighted by Gasteiger charge is 2.46. The lowest BCUT2D eigenvalue weighted by molar-refractivity contribution is -0.141. The molecule has 2 atom stereocenters. The van der Waals surface area contributed by atoms with Crippen LogP contribution in [0.1, 0.15) is 36.5 Å². The van der Waals surface area contributed by atoms with Gasteiger partial charge in [-0.25, -0.2) is 0 Å². The highest BCUT2D eigenvalue weighted by atomic mass is 16.5. The van der Waals surface area contributed by atoms with Gasteiger partial charge in [-0.1, -0.05) is 12.2 Å². The van der Waals surface area contributed by atoms with Gasteiger partial charge in [0.15, 0.2) is 5.78 Å². The predicted molar refractivity (Wildman–Crippen MR) is 88.8 cm³/mol. The third-order valence-electron chi connectivity index (χ3n) is 4.63. The number of hydrogen-bond donors (Lipinski definition) is 0. The van der Waals surface area contributed by atoms with Crippen molar-refractivity contribution in [3.63, 3.8) is 0 Å². The van der Waals surface area contributed by atoms with E-state index in [1.807, 2.05) is 12.2 Å². The highest BCUT2D eigenvalue weighted by Crippen LogP contribution is 2.35.